The van der Waals surface area contributed by atoms with Gasteiger partial charge in [0.25, 0.3) is 5.56 Å². The molecule has 0 unspecified atom stereocenters. The first-order valence-corrected chi connectivity index (χ1v) is 11.3. The van der Waals surface area contributed by atoms with Crippen LogP contribution in [0.25, 0.3) is 21.6 Å². The van der Waals surface area contributed by atoms with Crippen molar-refractivity contribution in [3.63, 3.8) is 0 Å². The highest BCUT2D eigenvalue weighted by molar-refractivity contribution is 7.17. The van der Waals surface area contributed by atoms with Gasteiger partial charge in [-0.1, -0.05) is 6.92 Å². The number of fused-ring (bicyclic) bond motifs is 1. The van der Waals surface area contributed by atoms with Crippen molar-refractivity contribution in [1.29, 1.82) is 0 Å². The Bertz CT molecular complexity index is 1290. The Hall–Kier alpha value is -3.59. The molecule has 4 aromatic rings. The minimum absolute atomic E-state index is 0.196. The molecule has 8 nitrogen and oxygen atoms in total. The molecule has 0 aliphatic rings. The van der Waals surface area contributed by atoms with Crippen LogP contribution < -0.4 is 20.9 Å². The molecule has 0 fully saturated rings. The van der Waals surface area contributed by atoms with Gasteiger partial charge in [0.15, 0.2) is 0 Å². The molecule has 1 aromatic carbocycles. The summed E-state index contributed by atoms with van der Waals surface area (Å²) in [4.78, 5) is 32.3. The summed E-state index contributed by atoms with van der Waals surface area (Å²) in [5.41, 5.74) is 2.77. The first-order valence-electron chi connectivity index (χ1n) is 10.4. The molecule has 0 aliphatic heterocycles. The van der Waals surface area contributed by atoms with E-state index in [2.05, 4.69) is 20.6 Å². The van der Waals surface area contributed by atoms with Gasteiger partial charge >= 0.3 is 6.03 Å². The lowest BCUT2D eigenvalue weighted by Gasteiger charge is -2.14. The third-order valence-corrected chi connectivity index (χ3v) is 5.89. The van der Waals surface area contributed by atoms with Gasteiger partial charge in [-0.15, -0.1) is 11.3 Å². The SMILES string of the molecule is CCCOc1ccc(NC(=O)NCCc2cccn2C)cc1-c1nc2ccsc2c(=O)[nH]1. The van der Waals surface area contributed by atoms with E-state index in [1.807, 2.05) is 48.3 Å². The van der Waals surface area contributed by atoms with Gasteiger partial charge in [-0.25, -0.2) is 9.78 Å². The third kappa shape index (κ3) is 4.83. The second-order valence-corrected chi connectivity index (χ2v) is 8.27. The summed E-state index contributed by atoms with van der Waals surface area (Å²) in [5, 5.41) is 7.55. The summed E-state index contributed by atoms with van der Waals surface area (Å²) in [7, 11) is 1.98. The Morgan fingerprint density at radius 2 is 2.16 bits per heavy atom. The lowest BCUT2D eigenvalue weighted by molar-refractivity contribution is 0.252. The quantitative estimate of drug-likeness (QED) is 0.375. The number of aromatic nitrogens is 3. The second-order valence-electron chi connectivity index (χ2n) is 7.35. The lowest BCUT2D eigenvalue weighted by Crippen LogP contribution is -2.30. The summed E-state index contributed by atoms with van der Waals surface area (Å²) in [6.45, 7) is 3.06. The monoisotopic (exact) mass is 451 g/mol. The number of anilines is 1. The van der Waals surface area contributed by atoms with Gasteiger partial charge in [0, 0.05) is 37.6 Å². The van der Waals surface area contributed by atoms with Crippen LogP contribution in [0.4, 0.5) is 10.5 Å². The lowest BCUT2D eigenvalue weighted by atomic mass is 10.1. The predicted octanol–water partition coefficient (Wildman–Crippen LogP) is 4.14. The third-order valence-electron chi connectivity index (χ3n) is 4.99. The molecule has 0 bridgehead atoms. The Labute approximate surface area is 189 Å². The van der Waals surface area contributed by atoms with Crippen LogP contribution in [0, 0.1) is 0 Å². The Kier molecular flexibility index (Phi) is 6.55. The van der Waals surface area contributed by atoms with E-state index in [1.54, 1.807) is 18.2 Å². The number of urea groups is 1. The fourth-order valence-corrected chi connectivity index (χ4v) is 4.09. The number of amides is 2. The maximum Gasteiger partial charge on any atom is 0.319 e. The standard InChI is InChI=1S/C23H25N5O3S/c1-3-12-31-19-7-6-15(25-23(30)24-10-8-16-5-4-11-28(16)2)14-17(19)21-26-18-9-13-32-20(18)22(29)27-21/h4-7,9,11,13-14H,3,8,10,12H2,1-2H3,(H2,24,25,30)(H,26,27,29). The minimum Gasteiger partial charge on any atom is -0.493 e. The molecule has 0 aliphatic carbocycles. The predicted molar refractivity (Wildman–Crippen MR) is 128 cm³/mol. The van der Waals surface area contributed by atoms with E-state index in [0.717, 1.165) is 18.5 Å². The molecule has 0 atom stereocenters. The van der Waals surface area contributed by atoms with E-state index in [4.69, 9.17) is 4.74 Å². The first kappa shape index (κ1) is 21.6. The van der Waals surface area contributed by atoms with Crippen molar-refractivity contribution in [2.75, 3.05) is 18.5 Å². The number of carbonyl (C=O) groups is 1. The summed E-state index contributed by atoms with van der Waals surface area (Å²) in [5.74, 6) is 0.999. The van der Waals surface area contributed by atoms with Crippen molar-refractivity contribution in [2.45, 2.75) is 19.8 Å². The Balaban J connectivity index is 1.53. The largest absolute Gasteiger partial charge is 0.493 e. The molecule has 166 valence electrons. The van der Waals surface area contributed by atoms with Crippen molar-refractivity contribution in [3.05, 3.63) is 64.0 Å². The van der Waals surface area contributed by atoms with E-state index < -0.39 is 0 Å². The van der Waals surface area contributed by atoms with E-state index in [-0.39, 0.29) is 11.6 Å². The zero-order valence-corrected chi connectivity index (χ0v) is 18.8. The molecule has 32 heavy (non-hydrogen) atoms. The summed E-state index contributed by atoms with van der Waals surface area (Å²) >= 11 is 1.35. The van der Waals surface area contributed by atoms with Gasteiger partial charge < -0.3 is 24.9 Å². The van der Waals surface area contributed by atoms with Gasteiger partial charge in [0.1, 0.15) is 16.3 Å². The van der Waals surface area contributed by atoms with E-state index in [9.17, 15) is 9.59 Å². The van der Waals surface area contributed by atoms with Gasteiger partial charge in [-0.2, -0.15) is 0 Å². The average Bonchev–Trinajstić information content (AvgIpc) is 3.42. The summed E-state index contributed by atoms with van der Waals surface area (Å²) in [6, 6.07) is 10.8. The number of aromatic amines is 1. The van der Waals surface area contributed by atoms with E-state index >= 15 is 0 Å². The number of H-pyrrole nitrogens is 1. The molecule has 9 heteroatoms. The molecule has 4 rings (SSSR count). The molecule has 3 heterocycles. The molecule has 0 saturated heterocycles. The molecule has 0 spiro atoms. The van der Waals surface area contributed by atoms with Crippen molar-refractivity contribution >= 4 is 33.3 Å². The average molecular weight is 452 g/mol. The molecule has 2 amide bonds. The molecule has 3 N–H and O–H groups in total. The van der Waals surface area contributed by atoms with Gasteiger partial charge in [-0.3, -0.25) is 4.79 Å². The second kappa shape index (κ2) is 9.69. The smallest absolute Gasteiger partial charge is 0.319 e. The number of aryl methyl sites for hydroxylation is 1. The maximum absolute atomic E-state index is 12.5. The number of nitrogens with zero attached hydrogens (tertiary/aromatic N) is 2. The number of thiophene rings is 1. The van der Waals surface area contributed by atoms with Crippen molar-refractivity contribution in [1.82, 2.24) is 19.9 Å². The molecular formula is C23H25N5O3S. The van der Waals surface area contributed by atoms with Gasteiger partial charge in [0.2, 0.25) is 0 Å². The molecule has 0 radical (unpaired) electrons. The van der Waals surface area contributed by atoms with Crippen LogP contribution >= 0.6 is 11.3 Å². The van der Waals surface area contributed by atoms with Crippen LogP contribution in [0.15, 0.2) is 52.8 Å². The minimum atomic E-state index is -0.304. The van der Waals surface area contributed by atoms with Crippen LogP contribution in [-0.4, -0.2) is 33.7 Å². The Morgan fingerprint density at radius 1 is 1.28 bits per heavy atom. The van der Waals surface area contributed by atoms with Crippen LogP contribution in [0.2, 0.25) is 0 Å². The Morgan fingerprint density at radius 3 is 2.94 bits per heavy atom. The maximum atomic E-state index is 12.5. The zero-order chi connectivity index (χ0) is 22.5. The number of hydrogen-bond acceptors (Lipinski definition) is 5. The van der Waals surface area contributed by atoms with Crippen LogP contribution in [0.3, 0.4) is 0 Å². The fraction of sp³-hybridized carbons (Fsp3) is 0.261. The normalized spacial score (nSPS) is 10.9. The topological polar surface area (TPSA) is 101 Å². The van der Waals surface area contributed by atoms with Crippen molar-refractivity contribution in [2.24, 2.45) is 7.05 Å². The van der Waals surface area contributed by atoms with Crippen LogP contribution in [0.5, 0.6) is 5.75 Å². The molecular weight excluding hydrogens is 426 g/mol. The number of hydrogen-bond donors (Lipinski definition) is 3. The van der Waals surface area contributed by atoms with Gasteiger partial charge in [-0.05, 0) is 48.2 Å². The highest BCUT2D eigenvalue weighted by Crippen LogP contribution is 2.31. The number of carbonyl (C=O) groups excluding carboxylic acids is 1. The molecule has 0 saturated carbocycles. The number of benzene rings is 1. The van der Waals surface area contributed by atoms with Crippen molar-refractivity contribution < 1.29 is 9.53 Å². The van der Waals surface area contributed by atoms with Crippen LogP contribution in [0.1, 0.15) is 19.0 Å². The van der Waals surface area contributed by atoms with Crippen LogP contribution in [-0.2, 0) is 13.5 Å². The zero-order valence-electron chi connectivity index (χ0n) is 18.0. The van der Waals surface area contributed by atoms with E-state index in [0.29, 0.717) is 46.2 Å². The number of ether oxygens (including phenoxy) is 1. The van der Waals surface area contributed by atoms with E-state index in [1.165, 1.54) is 11.3 Å². The first-order chi connectivity index (χ1) is 15.5. The molecule has 3 aromatic heterocycles. The van der Waals surface area contributed by atoms with Crippen molar-refractivity contribution in [3.8, 4) is 17.1 Å². The summed E-state index contributed by atoms with van der Waals surface area (Å²) in [6.07, 6.45) is 3.55. The highest BCUT2D eigenvalue weighted by atomic mass is 32.1. The summed E-state index contributed by atoms with van der Waals surface area (Å²) < 4.78 is 8.47. The number of nitrogens with one attached hydrogen (secondary N) is 3. The van der Waals surface area contributed by atoms with Gasteiger partial charge in [0.05, 0.1) is 17.7 Å². The fourth-order valence-electron chi connectivity index (χ4n) is 3.37. The highest BCUT2D eigenvalue weighted by Gasteiger charge is 2.14. The number of rotatable bonds is 8.